The van der Waals surface area contributed by atoms with Gasteiger partial charge in [0.25, 0.3) is 0 Å². The number of halogens is 2. The van der Waals surface area contributed by atoms with Crippen molar-refractivity contribution < 1.29 is 23.1 Å². The van der Waals surface area contributed by atoms with E-state index in [4.69, 9.17) is 4.74 Å². The van der Waals surface area contributed by atoms with Crippen molar-refractivity contribution in [3.05, 3.63) is 54.1 Å². The quantitative estimate of drug-likeness (QED) is 0.820. The van der Waals surface area contributed by atoms with E-state index in [0.717, 1.165) is 22.7 Å². The number of hydrogen-bond donors (Lipinski definition) is 1. The summed E-state index contributed by atoms with van der Waals surface area (Å²) in [6, 6.07) is 10.7. The molecule has 1 atom stereocenters. The molecule has 152 valence electrons. The summed E-state index contributed by atoms with van der Waals surface area (Å²) in [4.78, 5) is 27.6. The van der Waals surface area contributed by atoms with Gasteiger partial charge in [-0.25, -0.2) is 8.78 Å². The average molecular weight is 418 g/mol. The maximum atomic E-state index is 13.7. The first-order valence-electron chi connectivity index (χ1n) is 9.45. The molecule has 0 radical (unpaired) electrons. The van der Waals surface area contributed by atoms with Crippen LogP contribution in [0.5, 0.6) is 5.75 Å². The van der Waals surface area contributed by atoms with Crippen molar-refractivity contribution in [2.45, 2.75) is 35.5 Å². The van der Waals surface area contributed by atoms with E-state index in [-0.39, 0.29) is 30.1 Å². The number of para-hydroxylation sites is 1. The highest BCUT2D eigenvalue weighted by molar-refractivity contribution is 8.01. The molecule has 4 rings (SSSR count). The van der Waals surface area contributed by atoms with E-state index < -0.39 is 16.9 Å². The fourth-order valence-electron chi connectivity index (χ4n) is 3.49. The van der Waals surface area contributed by atoms with Crippen LogP contribution in [0.3, 0.4) is 0 Å². The number of hydrogen-bond acceptors (Lipinski definition) is 4. The lowest BCUT2D eigenvalue weighted by Gasteiger charge is -2.33. The molecule has 1 unspecified atom stereocenters. The Balaban J connectivity index is 1.30. The number of ether oxygens (including phenoxy) is 1. The molecule has 1 saturated heterocycles. The summed E-state index contributed by atoms with van der Waals surface area (Å²) < 4.78 is 32.4. The second-order valence-electron chi connectivity index (χ2n) is 7.07. The number of amides is 2. The normalized spacial score (nSPS) is 19.4. The minimum Gasteiger partial charge on any atom is -0.487 e. The minimum absolute atomic E-state index is 0.0186. The predicted molar refractivity (Wildman–Crippen MR) is 106 cm³/mol. The average Bonchev–Trinajstić information content (AvgIpc) is 2.71. The second-order valence-corrected chi connectivity index (χ2v) is 8.31. The van der Waals surface area contributed by atoms with Gasteiger partial charge in [0.15, 0.2) is 11.6 Å². The maximum absolute atomic E-state index is 13.7. The van der Waals surface area contributed by atoms with Crippen LogP contribution < -0.4 is 10.1 Å². The van der Waals surface area contributed by atoms with E-state index in [1.165, 1.54) is 17.8 Å². The molecule has 0 saturated carbocycles. The summed E-state index contributed by atoms with van der Waals surface area (Å²) in [6.07, 6.45) is 0.992. The van der Waals surface area contributed by atoms with Gasteiger partial charge >= 0.3 is 0 Å². The Hall–Kier alpha value is -2.61. The number of piperidine rings is 1. The molecule has 8 heteroatoms. The standard InChI is InChI=1S/C21H20F2N2O3S/c22-13-5-6-17(15(23)11-13)28-14-7-9-25(10-8-14)20(26)12-19-21(27)24-16-3-1-2-4-18(16)29-19/h1-6,11,14,19H,7-10,12H2,(H,24,27). The number of nitrogens with zero attached hydrogens (tertiary/aromatic N) is 1. The summed E-state index contributed by atoms with van der Waals surface area (Å²) >= 11 is 1.41. The molecule has 2 aromatic carbocycles. The van der Waals surface area contributed by atoms with Crippen molar-refractivity contribution >= 4 is 29.3 Å². The third-order valence-electron chi connectivity index (χ3n) is 5.05. The van der Waals surface area contributed by atoms with Crippen LogP contribution in [0.4, 0.5) is 14.5 Å². The van der Waals surface area contributed by atoms with E-state index in [1.54, 1.807) is 4.90 Å². The van der Waals surface area contributed by atoms with E-state index in [0.29, 0.717) is 25.9 Å². The third-order valence-corrected chi connectivity index (χ3v) is 6.32. The number of benzene rings is 2. The van der Waals surface area contributed by atoms with Crippen LogP contribution in [0, 0.1) is 11.6 Å². The Morgan fingerprint density at radius 3 is 2.69 bits per heavy atom. The lowest BCUT2D eigenvalue weighted by atomic mass is 10.1. The van der Waals surface area contributed by atoms with E-state index in [2.05, 4.69) is 5.32 Å². The van der Waals surface area contributed by atoms with Crippen LogP contribution in [0.15, 0.2) is 47.4 Å². The third kappa shape index (κ3) is 4.53. The molecule has 0 aliphatic carbocycles. The predicted octanol–water partition coefficient (Wildman–Crippen LogP) is 3.84. The first-order valence-corrected chi connectivity index (χ1v) is 10.3. The van der Waals surface area contributed by atoms with Gasteiger partial charge < -0.3 is 15.0 Å². The van der Waals surface area contributed by atoms with Crippen LogP contribution in [-0.2, 0) is 9.59 Å². The molecular weight excluding hydrogens is 398 g/mol. The SMILES string of the molecule is O=C1Nc2ccccc2SC1CC(=O)N1CCC(Oc2ccc(F)cc2F)CC1. The van der Waals surface area contributed by atoms with Gasteiger partial charge in [0.2, 0.25) is 11.8 Å². The zero-order valence-corrected chi connectivity index (χ0v) is 16.4. The van der Waals surface area contributed by atoms with Crippen LogP contribution in [-0.4, -0.2) is 41.2 Å². The van der Waals surface area contributed by atoms with Crippen molar-refractivity contribution in [3.63, 3.8) is 0 Å². The maximum Gasteiger partial charge on any atom is 0.238 e. The lowest BCUT2D eigenvalue weighted by Crippen LogP contribution is -2.44. The summed E-state index contributed by atoms with van der Waals surface area (Å²) in [5, 5.41) is 2.39. The van der Waals surface area contributed by atoms with Crippen molar-refractivity contribution in [2.24, 2.45) is 0 Å². The summed E-state index contributed by atoms with van der Waals surface area (Å²) in [7, 11) is 0. The molecule has 2 heterocycles. The number of nitrogens with one attached hydrogen (secondary N) is 1. The van der Waals surface area contributed by atoms with Crippen molar-refractivity contribution in [2.75, 3.05) is 18.4 Å². The first kappa shape index (κ1) is 19.7. The van der Waals surface area contributed by atoms with Gasteiger partial charge in [-0.15, -0.1) is 11.8 Å². The highest BCUT2D eigenvalue weighted by Gasteiger charge is 2.32. The molecule has 0 bridgehead atoms. The molecular formula is C21H20F2N2O3S. The van der Waals surface area contributed by atoms with Crippen molar-refractivity contribution in [1.82, 2.24) is 4.90 Å². The van der Waals surface area contributed by atoms with Crippen LogP contribution in [0.2, 0.25) is 0 Å². The molecule has 1 fully saturated rings. The van der Waals surface area contributed by atoms with Crippen LogP contribution in [0.1, 0.15) is 19.3 Å². The minimum atomic E-state index is -0.732. The van der Waals surface area contributed by atoms with E-state index in [1.807, 2.05) is 24.3 Å². The zero-order chi connectivity index (χ0) is 20.4. The van der Waals surface area contributed by atoms with Crippen LogP contribution in [0.25, 0.3) is 0 Å². The number of fused-ring (bicyclic) bond motifs is 1. The molecule has 2 aliphatic heterocycles. The van der Waals surface area contributed by atoms with Crippen molar-refractivity contribution in [3.8, 4) is 5.75 Å². The molecule has 29 heavy (non-hydrogen) atoms. The molecule has 5 nitrogen and oxygen atoms in total. The molecule has 1 N–H and O–H groups in total. The smallest absolute Gasteiger partial charge is 0.238 e. The van der Waals surface area contributed by atoms with Gasteiger partial charge in [0.1, 0.15) is 11.9 Å². The Morgan fingerprint density at radius 1 is 1.17 bits per heavy atom. The first-order chi connectivity index (χ1) is 14.0. The zero-order valence-electron chi connectivity index (χ0n) is 15.6. The largest absolute Gasteiger partial charge is 0.487 e. The number of rotatable bonds is 4. The molecule has 2 aliphatic rings. The fourth-order valence-corrected chi connectivity index (χ4v) is 4.59. The van der Waals surface area contributed by atoms with E-state index in [9.17, 15) is 18.4 Å². The Bertz CT molecular complexity index is 932. The highest BCUT2D eigenvalue weighted by Crippen LogP contribution is 2.37. The second kappa shape index (κ2) is 8.41. The van der Waals surface area contributed by atoms with Gasteiger partial charge in [-0.2, -0.15) is 0 Å². The fraction of sp³-hybridized carbons (Fsp3) is 0.333. The van der Waals surface area contributed by atoms with Gasteiger partial charge in [-0.3, -0.25) is 9.59 Å². The Kier molecular flexibility index (Phi) is 5.71. The molecule has 2 aromatic rings. The number of likely N-dealkylation sites (tertiary alicyclic amines) is 1. The monoisotopic (exact) mass is 418 g/mol. The van der Waals surface area contributed by atoms with Gasteiger partial charge in [-0.05, 0) is 24.3 Å². The van der Waals surface area contributed by atoms with Gasteiger partial charge in [0, 0.05) is 43.3 Å². The van der Waals surface area contributed by atoms with Gasteiger partial charge in [0.05, 0.1) is 10.9 Å². The topological polar surface area (TPSA) is 58.6 Å². The van der Waals surface area contributed by atoms with Crippen molar-refractivity contribution in [1.29, 1.82) is 0 Å². The lowest BCUT2D eigenvalue weighted by molar-refractivity contribution is -0.134. The Labute approximate surface area is 171 Å². The molecule has 0 spiro atoms. The number of carbonyl (C=O) groups excluding carboxylic acids is 2. The van der Waals surface area contributed by atoms with Gasteiger partial charge in [-0.1, -0.05) is 12.1 Å². The van der Waals surface area contributed by atoms with Crippen LogP contribution >= 0.6 is 11.8 Å². The summed E-state index contributed by atoms with van der Waals surface area (Å²) in [5.41, 5.74) is 0.775. The van der Waals surface area contributed by atoms with E-state index >= 15 is 0 Å². The summed E-state index contributed by atoms with van der Waals surface area (Å²) in [5.74, 6) is -1.60. The summed E-state index contributed by atoms with van der Waals surface area (Å²) in [6.45, 7) is 0.948. The molecule has 2 amide bonds. The highest BCUT2D eigenvalue weighted by atomic mass is 32.2. The Morgan fingerprint density at radius 2 is 1.93 bits per heavy atom. The number of thioether (sulfide) groups is 1. The number of anilines is 1. The molecule has 0 aromatic heterocycles. The number of carbonyl (C=O) groups is 2.